The zero-order valence-corrected chi connectivity index (χ0v) is 11.9. The number of nitrogens with one attached hydrogen (secondary N) is 2. The molecule has 0 saturated carbocycles. The lowest BCUT2D eigenvalue weighted by Gasteiger charge is -2.07. The van der Waals surface area contributed by atoms with Crippen molar-refractivity contribution in [3.8, 4) is 0 Å². The molecular formula is C12H17N3O4S. The van der Waals surface area contributed by atoms with Gasteiger partial charge in [0.05, 0.1) is 17.8 Å². The van der Waals surface area contributed by atoms with E-state index in [1.807, 2.05) is 6.92 Å². The number of aromatic carboxylic acids is 1. The number of amides is 2. The molecule has 8 heteroatoms. The monoisotopic (exact) mass is 299 g/mol. The van der Waals surface area contributed by atoms with Gasteiger partial charge in [-0.2, -0.15) is 0 Å². The van der Waals surface area contributed by atoms with Crippen molar-refractivity contribution >= 4 is 22.8 Å². The Labute approximate surface area is 119 Å². The van der Waals surface area contributed by atoms with Crippen molar-refractivity contribution < 1.29 is 18.9 Å². The lowest BCUT2D eigenvalue weighted by molar-refractivity contribution is 0.0696. The fourth-order valence-corrected chi connectivity index (χ4v) is 1.98. The highest BCUT2D eigenvalue weighted by atomic mass is 32.2. The second-order valence-corrected chi connectivity index (χ2v) is 5.75. The van der Waals surface area contributed by atoms with E-state index in [-0.39, 0.29) is 12.1 Å². The van der Waals surface area contributed by atoms with Crippen LogP contribution in [-0.4, -0.2) is 44.4 Å². The number of carboxylic acid groups (broad SMARTS) is 1. The largest absolute Gasteiger partial charge is 0.478 e. The van der Waals surface area contributed by atoms with Gasteiger partial charge in [0.2, 0.25) is 0 Å². The Bertz CT molecular complexity index is 507. The summed E-state index contributed by atoms with van der Waals surface area (Å²) in [6.07, 6.45) is 1.38. The van der Waals surface area contributed by atoms with Crippen molar-refractivity contribution in [3.63, 3.8) is 0 Å². The Morgan fingerprint density at radius 3 is 2.80 bits per heavy atom. The molecule has 1 aromatic rings. The Morgan fingerprint density at radius 1 is 1.40 bits per heavy atom. The zero-order chi connectivity index (χ0) is 15.0. The maximum atomic E-state index is 11.4. The summed E-state index contributed by atoms with van der Waals surface area (Å²) < 4.78 is 11.1. The molecule has 0 aromatic carbocycles. The number of carbonyl (C=O) groups excluding carboxylic acids is 1. The molecule has 0 aliphatic heterocycles. The standard InChI is InChI=1S/C12H17N3O4S/c1-2-20(19)6-5-14-12(18)15-8-10-7-9(11(16)17)3-4-13-10/h3-4,7H,2,5-6,8H2,1H3,(H,16,17)(H2,14,15,18). The highest BCUT2D eigenvalue weighted by molar-refractivity contribution is 7.84. The molecule has 3 N–H and O–H groups in total. The van der Waals surface area contributed by atoms with Crippen LogP contribution in [0, 0.1) is 0 Å². The molecule has 1 unspecified atom stereocenters. The Hall–Kier alpha value is -1.96. The number of pyridine rings is 1. The summed E-state index contributed by atoms with van der Waals surface area (Å²) >= 11 is 0. The van der Waals surface area contributed by atoms with Crippen molar-refractivity contribution in [2.75, 3.05) is 18.1 Å². The molecule has 110 valence electrons. The van der Waals surface area contributed by atoms with Gasteiger partial charge in [-0.25, -0.2) is 9.59 Å². The quantitative estimate of drug-likeness (QED) is 0.673. The number of nitrogens with zero attached hydrogens (tertiary/aromatic N) is 1. The maximum absolute atomic E-state index is 11.4. The van der Waals surface area contributed by atoms with E-state index in [0.29, 0.717) is 23.7 Å². The summed E-state index contributed by atoms with van der Waals surface area (Å²) in [5, 5.41) is 13.9. The van der Waals surface area contributed by atoms with Crippen molar-refractivity contribution in [3.05, 3.63) is 29.6 Å². The first-order chi connectivity index (χ1) is 9.52. The summed E-state index contributed by atoms with van der Waals surface area (Å²) in [6.45, 7) is 2.27. The number of hydrogen-bond acceptors (Lipinski definition) is 4. The Morgan fingerprint density at radius 2 is 2.15 bits per heavy atom. The van der Waals surface area contributed by atoms with Crippen LogP contribution < -0.4 is 10.6 Å². The van der Waals surface area contributed by atoms with E-state index >= 15 is 0 Å². The molecule has 2 amide bonds. The van der Waals surface area contributed by atoms with Gasteiger partial charge >= 0.3 is 12.0 Å². The molecule has 1 aromatic heterocycles. The summed E-state index contributed by atoms with van der Waals surface area (Å²) in [6, 6.07) is 2.38. The second-order valence-electron chi connectivity index (χ2n) is 3.88. The third kappa shape index (κ3) is 5.79. The van der Waals surface area contributed by atoms with E-state index in [9.17, 15) is 13.8 Å². The molecule has 7 nitrogen and oxygen atoms in total. The molecule has 1 heterocycles. The number of hydrogen-bond donors (Lipinski definition) is 3. The summed E-state index contributed by atoms with van der Waals surface area (Å²) in [5.74, 6) is -0.0635. The predicted molar refractivity (Wildman–Crippen MR) is 75.0 cm³/mol. The van der Waals surface area contributed by atoms with Gasteiger partial charge in [-0.15, -0.1) is 0 Å². The molecule has 0 aliphatic rings. The first-order valence-electron chi connectivity index (χ1n) is 6.07. The summed E-state index contributed by atoms with van der Waals surface area (Å²) in [7, 11) is -0.912. The zero-order valence-electron chi connectivity index (χ0n) is 11.1. The number of aromatic nitrogens is 1. The first kappa shape index (κ1) is 16.1. The van der Waals surface area contributed by atoms with Gasteiger partial charge in [0.15, 0.2) is 0 Å². The maximum Gasteiger partial charge on any atom is 0.335 e. The topological polar surface area (TPSA) is 108 Å². The van der Waals surface area contributed by atoms with E-state index < -0.39 is 22.8 Å². The van der Waals surface area contributed by atoms with Crippen molar-refractivity contribution in [2.24, 2.45) is 0 Å². The molecule has 0 bridgehead atoms. The van der Waals surface area contributed by atoms with Gasteiger partial charge in [-0.1, -0.05) is 6.92 Å². The fraction of sp³-hybridized carbons (Fsp3) is 0.417. The first-order valence-corrected chi connectivity index (χ1v) is 7.56. The van der Waals surface area contributed by atoms with Crippen LogP contribution in [0.3, 0.4) is 0 Å². The van der Waals surface area contributed by atoms with Crippen LogP contribution in [0.2, 0.25) is 0 Å². The molecule has 0 saturated heterocycles. The molecule has 20 heavy (non-hydrogen) atoms. The minimum absolute atomic E-state index is 0.121. The second kappa shape index (κ2) is 8.26. The van der Waals surface area contributed by atoms with E-state index in [2.05, 4.69) is 15.6 Å². The van der Waals surface area contributed by atoms with Gasteiger partial charge in [-0.05, 0) is 12.1 Å². The van der Waals surface area contributed by atoms with Crippen molar-refractivity contribution in [2.45, 2.75) is 13.5 Å². The lowest BCUT2D eigenvalue weighted by Crippen LogP contribution is -2.37. The van der Waals surface area contributed by atoms with Gasteiger partial charge in [-0.3, -0.25) is 9.19 Å². The minimum atomic E-state index is -1.04. The van der Waals surface area contributed by atoms with Crippen LogP contribution in [0.5, 0.6) is 0 Å². The number of carbonyl (C=O) groups is 2. The average Bonchev–Trinajstić information content (AvgIpc) is 2.45. The van der Waals surface area contributed by atoms with E-state index in [4.69, 9.17) is 5.11 Å². The number of urea groups is 1. The third-order valence-corrected chi connectivity index (χ3v) is 3.73. The molecule has 1 rings (SSSR count). The summed E-state index contributed by atoms with van der Waals surface area (Å²) in [4.78, 5) is 26.2. The molecule has 0 fully saturated rings. The average molecular weight is 299 g/mol. The highest BCUT2D eigenvalue weighted by Gasteiger charge is 2.06. The normalized spacial score (nSPS) is 11.7. The highest BCUT2D eigenvalue weighted by Crippen LogP contribution is 2.01. The molecule has 0 spiro atoms. The third-order valence-electron chi connectivity index (χ3n) is 2.43. The minimum Gasteiger partial charge on any atom is -0.478 e. The van der Waals surface area contributed by atoms with Crippen LogP contribution >= 0.6 is 0 Å². The van der Waals surface area contributed by atoms with Gasteiger partial charge in [0.1, 0.15) is 0 Å². The summed E-state index contributed by atoms with van der Waals surface area (Å²) in [5.41, 5.74) is 0.577. The molecule has 0 aliphatic carbocycles. The van der Waals surface area contributed by atoms with Crippen LogP contribution in [-0.2, 0) is 17.3 Å². The molecular weight excluding hydrogens is 282 g/mol. The fourth-order valence-electron chi connectivity index (χ4n) is 1.36. The molecule has 0 radical (unpaired) electrons. The van der Waals surface area contributed by atoms with Crippen LogP contribution in [0.4, 0.5) is 4.79 Å². The Balaban J connectivity index is 2.35. The van der Waals surface area contributed by atoms with Crippen LogP contribution in [0.1, 0.15) is 23.0 Å². The number of carboxylic acids is 1. The van der Waals surface area contributed by atoms with Crippen molar-refractivity contribution in [1.82, 2.24) is 15.6 Å². The van der Waals surface area contributed by atoms with Gasteiger partial charge in [0, 0.05) is 35.0 Å². The van der Waals surface area contributed by atoms with E-state index in [0.717, 1.165) is 0 Å². The van der Waals surface area contributed by atoms with E-state index in [1.54, 1.807) is 0 Å². The predicted octanol–water partition coefficient (Wildman–Crippen LogP) is 0.348. The van der Waals surface area contributed by atoms with E-state index in [1.165, 1.54) is 18.3 Å². The van der Waals surface area contributed by atoms with Gasteiger partial charge in [0.25, 0.3) is 0 Å². The molecule has 1 atom stereocenters. The van der Waals surface area contributed by atoms with Crippen LogP contribution in [0.15, 0.2) is 18.3 Å². The Kier molecular flexibility index (Phi) is 6.65. The smallest absolute Gasteiger partial charge is 0.335 e. The lowest BCUT2D eigenvalue weighted by atomic mass is 10.2. The van der Waals surface area contributed by atoms with Crippen molar-refractivity contribution in [1.29, 1.82) is 0 Å². The number of rotatable bonds is 7. The van der Waals surface area contributed by atoms with Crippen LogP contribution in [0.25, 0.3) is 0 Å². The van der Waals surface area contributed by atoms with Gasteiger partial charge < -0.3 is 15.7 Å². The SMILES string of the molecule is CCS(=O)CCNC(=O)NCc1cc(C(=O)O)ccn1.